The summed E-state index contributed by atoms with van der Waals surface area (Å²) in [4.78, 5) is 14.8. The Morgan fingerprint density at radius 2 is 1.60 bits per heavy atom. The van der Waals surface area contributed by atoms with E-state index in [9.17, 15) is 13.2 Å². The number of benzene rings is 2. The van der Waals surface area contributed by atoms with E-state index >= 15 is 0 Å². The summed E-state index contributed by atoms with van der Waals surface area (Å²) in [5.41, 5.74) is 2.71. The van der Waals surface area contributed by atoms with Crippen molar-refractivity contribution >= 4 is 15.9 Å². The van der Waals surface area contributed by atoms with Crippen molar-refractivity contribution in [1.82, 2.24) is 10.2 Å². The van der Waals surface area contributed by atoms with Gasteiger partial charge in [-0.15, -0.1) is 0 Å². The zero-order chi connectivity index (χ0) is 21.7. The van der Waals surface area contributed by atoms with Gasteiger partial charge < -0.3 is 10.1 Å². The van der Waals surface area contributed by atoms with Crippen LogP contribution in [-0.4, -0.2) is 51.1 Å². The molecule has 3 rings (SSSR count). The van der Waals surface area contributed by atoms with Gasteiger partial charge >= 0.3 is 0 Å². The molecule has 1 heterocycles. The fourth-order valence-corrected chi connectivity index (χ4v) is 4.22. The highest BCUT2D eigenvalue weighted by Crippen LogP contribution is 2.15. The quantitative estimate of drug-likeness (QED) is 0.697. The molecule has 7 nitrogen and oxygen atoms in total. The predicted octanol–water partition coefficient (Wildman–Crippen LogP) is 1.92. The summed E-state index contributed by atoms with van der Waals surface area (Å²) in [6.07, 6.45) is 1.06. The van der Waals surface area contributed by atoms with E-state index in [2.05, 4.69) is 24.1 Å². The molecular formula is C22H29N3O4S. The second-order valence-corrected chi connectivity index (χ2v) is 9.40. The third kappa shape index (κ3) is 6.37. The zero-order valence-corrected chi connectivity index (χ0v) is 18.2. The van der Waals surface area contributed by atoms with Crippen LogP contribution in [0.15, 0.2) is 53.4 Å². The van der Waals surface area contributed by atoms with E-state index in [4.69, 9.17) is 9.88 Å². The number of ether oxygens (including phenoxy) is 1. The number of nitrogens with zero attached hydrogens (tertiary/aromatic N) is 1. The molecule has 2 aromatic rings. The molecule has 2 atom stereocenters. The fraction of sp³-hybridized carbons (Fsp3) is 0.409. The lowest BCUT2D eigenvalue weighted by Crippen LogP contribution is -2.44. The highest BCUT2D eigenvalue weighted by atomic mass is 32.2. The standard InChI is InChI=1S/C22H29N3O4S/c1-16-13-25(14-17(2)29-16)15-19-3-7-20(8-4-19)22(26)24-12-11-18-5-9-21(10-6-18)30(23,27)28/h3-10,16-17H,11-15H2,1-2H3,(H,24,26)(H2,23,27,28). The molecule has 1 fully saturated rings. The third-order valence-corrected chi connectivity index (χ3v) is 6.00. The first-order valence-electron chi connectivity index (χ1n) is 10.1. The van der Waals surface area contributed by atoms with Crippen LogP contribution in [-0.2, 0) is 27.7 Å². The fourth-order valence-electron chi connectivity index (χ4n) is 3.70. The Morgan fingerprint density at radius 1 is 1.03 bits per heavy atom. The highest BCUT2D eigenvalue weighted by Gasteiger charge is 2.22. The summed E-state index contributed by atoms with van der Waals surface area (Å²) < 4.78 is 28.3. The van der Waals surface area contributed by atoms with E-state index in [1.54, 1.807) is 12.1 Å². The van der Waals surface area contributed by atoms with Crippen molar-refractivity contribution < 1.29 is 17.9 Å². The molecule has 2 aromatic carbocycles. The maximum absolute atomic E-state index is 12.4. The Kier molecular flexibility index (Phi) is 7.25. The van der Waals surface area contributed by atoms with Gasteiger partial charge in [-0.1, -0.05) is 24.3 Å². The molecule has 0 radical (unpaired) electrons. The number of carbonyl (C=O) groups is 1. The van der Waals surface area contributed by atoms with Crippen LogP contribution in [0.25, 0.3) is 0 Å². The Hall–Kier alpha value is -2.26. The number of morpholine rings is 1. The number of hydrogen-bond acceptors (Lipinski definition) is 5. The number of carbonyl (C=O) groups excluding carboxylic acids is 1. The molecule has 1 amide bonds. The second-order valence-electron chi connectivity index (χ2n) is 7.84. The summed E-state index contributed by atoms with van der Waals surface area (Å²) in [6.45, 7) is 7.29. The summed E-state index contributed by atoms with van der Waals surface area (Å²) in [5.74, 6) is -0.128. The lowest BCUT2D eigenvalue weighted by molar-refractivity contribution is -0.0704. The monoisotopic (exact) mass is 431 g/mol. The molecule has 1 aliphatic rings. The van der Waals surface area contributed by atoms with Crippen molar-refractivity contribution in [2.24, 2.45) is 5.14 Å². The highest BCUT2D eigenvalue weighted by molar-refractivity contribution is 7.89. The summed E-state index contributed by atoms with van der Waals surface area (Å²) in [5, 5.41) is 7.99. The maximum atomic E-state index is 12.4. The lowest BCUT2D eigenvalue weighted by atomic mass is 10.1. The first-order valence-corrected chi connectivity index (χ1v) is 11.6. The molecular weight excluding hydrogens is 402 g/mol. The molecule has 162 valence electrons. The van der Waals surface area contributed by atoms with Crippen molar-refractivity contribution in [3.8, 4) is 0 Å². The number of primary sulfonamides is 1. The van der Waals surface area contributed by atoms with Gasteiger partial charge in [-0.3, -0.25) is 9.69 Å². The molecule has 2 unspecified atom stereocenters. The Morgan fingerprint density at radius 3 is 2.17 bits per heavy atom. The van der Waals surface area contributed by atoms with Crippen LogP contribution in [0.3, 0.4) is 0 Å². The molecule has 1 aliphatic heterocycles. The van der Waals surface area contributed by atoms with E-state index in [0.717, 1.165) is 25.2 Å². The van der Waals surface area contributed by atoms with Crippen LogP contribution in [0.4, 0.5) is 0 Å². The van der Waals surface area contributed by atoms with E-state index in [1.165, 1.54) is 17.7 Å². The van der Waals surface area contributed by atoms with E-state index in [1.807, 2.05) is 24.3 Å². The number of nitrogens with one attached hydrogen (secondary N) is 1. The van der Waals surface area contributed by atoms with E-state index in [-0.39, 0.29) is 23.0 Å². The van der Waals surface area contributed by atoms with Gasteiger partial charge in [0.2, 0.25) is 10.0 Å². The van der Waals surface area contributed by atoms with Crippen LogP contribution >= 0.6 is 0 Å². The average Bonchev–Trinajstić information content (AvgIpc) is 2.67. The molecule has 0 saturated carbocycles. The number of sulfonamides is 1. The van der Waals surface area contributed by atoms with Gasteiger partial charge in [0.1, 0.15) is 0 Å². The number of amides is 1. The number of hydrogen-bond donors (Lipinski definition) is 2. The summed E-state index contributed by atoms with van der Waals surface area (Å²) >= 11 is 0. The van der Waals surface area contributed by atoms with Crippen LogP contribution in [0.5, 0.6) is 0 Å². The summed E-state index contributed by atoms with van der Waals surface area (Å²) in [6, 6.07) is 14.0. The molecule has 8 heteroatoms. The van der Waals surface area contributed by atoms with Crippen molar-refractivity contribution in [3.05, 3.63) is 65.2 Å². The zero-order valence-electron chi connectivity index (χ0n) is 17.4. The Bertz CT molecular complexity index is 949. The third-order valence-electron chi connectivity index (χ3n) is 5.07. The molecule has 0 aliphatic carbocycles. The number of nitrogens with two attached hydrogens (primary N) is 1. The van der Waals surface area contributed by atoms with Crippen molar-refractivity contribution in [2.75, 3.05) is 19.6 Å². The smallest absolute Gasteiger partial charge is 0.251 e. The first-order chi connectivity index (χ1) is 14.2. The van der Waals surface area contributed by atoms with Gasteiger partial charge in [0.25, 0.3) is 5.91 Å². The van der Waals surface area contributed by atoms with E-state index in [0.29, 0.717) is 18.5 Å². The number of rotatable bonds is 7. The molecule has 0 spiro atoms. The molecule has 30 heavy (non-hydrogen) atoms. The van der Waals surface area contributed by atoms with Crippen LogP contribution < -0.4 is 10.5 Å². The van der Waals surface area contributed by atoms with E-state index < -0.39 is 10.0 Å². The maximum Gasteiger partial charge on any atom is 0.251 e. The molecule has 0 aromatic heterocycles. The minimum absolute atomic E-state index is 0.0800. The van der Waals surface area contributed by atoms with Crippen LogP contribution in [0, 0.1) is 0 Å². The largest absolute Gasteiger partial charge is 0.373 e. The van der Waals surface area contributed by atoms with Gasteiger partial charge in [0.15, 0.2) is 0 Å². The Labute approximate surface area is 178 Å². The van der Waals surface area contributed by atoms with Gasteiger partial charge in [-0.25, -0.2) is 13.6 Å². The molecule has 3 N–H and O–H groups in total. The second kappa shape index (κ2) is 9.70. The van der Waals surface area contributed by atoms with Crippen LogP contribution in [0.2, 0.25) is 0 Å². The molecule has 0 bridgehead atoms. The minimum Gasteiger partial charge on any atom is -0.373 e. The van der Waals surface area contributed by atoms with Gasteiger partial charge in [0, 0.05) is 31.7 Å². The minimum atomic E-state index is -3.69. The van der Waals surface area contributed by atoms with Gasteiger partial charge in [-0.05, 0) is 55.7 Å². The van der Waals surface area contributed by atoms with Gasteiger partial charge in [-0.2, -0.15) is 0 Å². The molecule has 1 saturated heterocycles. The Balaban J connectivity index is 1.47. The van der Waals surface area contributed by atoms with Gasteiger partial charge in [0.05, 0.1) is 17.1 Å². The topological polar surface area (TPSA) is 102 Å². The van der Waals surface area contributed by atoms with Crippen molar-refractivity contribution in [3.63, 3.8) is 0 Å². The normalized spacial score (nSPS) is 20.1. The van der Waals surface area contributed by atoms with Crippen LogP contribution in [0.1, 0.15) is 35.3 Å². The van der Waals surface area contributed by atoms with Crippen molar-refractivity contribution in [1.29, 1.82) is 0 Å². The predicted molar refractivity (Wildman–Crippen MR) is 116 cm³/mol. The summed E-state index contributed by atoms with van der Waals surface area (Å²) in [7, 11) is -3.69. The SMILES string of the molecule is CC1CN(Cc2ccc(C(=O)NCCc3ccc(S(N)(=O)=O)cc3)cc2)CC(C)O1. The lowest BCUT2D eigenvalue weighted by Gasteiger charge is -2.35. The average molecular weight is 432 g/mol. The first kappa shape index (κ1) is 22.4. The van der Waals surface area contributed by atoms with Crippen molar-refractivity contribution in [2.45, 2.75) is 43.9 Å².